The zero-order chi connectivity index (χ0) is 16.2. The molecule has 1 aromatic heterocycles. The van der Waals surface area contributed by atoms with Gasteiger partial charge in [0.15, 0.2) is 0 Å². The SMILES string of the molecule is CC1CCCN(c2nccc(C(=O)Nc3cccc(Br)c3)n2)C1. The fourth-order valence-electron chi connectivity index (χ4n) is 2.76. The number of amides is 1. The highest BCUT2D eigenvalue weighted by molar-refractivity contribution is 9.10. The van der Waals surface area contributed by atoms with Gasteiger partial charge in [0.25, 0.3) is 5.91 Å². The number of carbonyl (C=O) groups is 1. The average Bonchev–Trinajstić information content (AvgIpc) is 2.55. The van der Waals surface area contributed by atoms with E-state index in [4.69, 9.17) is 0 Å². The maximum absolute atomic E-state index is 12.4. The molecule has 6 heteroatoms. The number of rotatable bonds is 3. The summed E-state index contributed by atoms with van der Waals surface area (Å²) in [6.45, 7) is 4.12. The number of piperidine rings is 1. The number of nitrogens with zero attached hydrogens (tertiary/aromatic N) is 3. The van der Waals surface area contributed by atoms with Crippen molar-refractivity contribution < 1.29 is 4.79 Å². The molecule has 1 aliphatic heterocycles. The molecule has 0 radical (unpaired) electrons. The summed E-state index contributed by atoms with van der Waals surface area (Å²) in [4.78, 5) is 23.3. The highest BCUT2D eigenvalue weighted by Crippen LogP contribution is 2.20. The summed E-state index contributed by atoms with van der Waals surface area (Å²) in [7, 11) is 0. The van der Waals surface area contributed by atoms with Gasteiger partial charge in [0.2, 0.25) is 5.95 Å². The van der Waals surface area contributed by atoms with Crippen LogP contribution < -0.4 is 10.2 Å². The van der Waals surface area contributed by atoms with Gasteiger partial charge in [0.1, 0.15) is 5.69 Å². The molecule has 1 N–H and O–H groups in total. The molecule has 120 valence electrons. The standard InChI is InChI=1S/C17H19BrN4O/c1-12-4-3-9-22(11-12)17-19-8-7-15(21-17)16(23)20-14-6-2-5-13(18)10-14/h2,5-8,10,12H,3-4,9,11H2,1H3,(H,20,23). The number of aromatic nitrogens is 2. The van der Waals surface area contributed by atoms with E-state index in [0.717, 1.165) is 29.7 Å². The first-order valence-corrected chi connectivity index (χ1v) is 8.56. The number of hydrogen-bond donors (Lipinski definition) is 1. The molecule has 1 saturated heterocycles. The number of hydrogen-bond acceptors (Lipinski definition) is 4. The van der Waals surface area contributed by atoms with Crippen molar-refractivity contribution in [2.75, 3.05) is 23.3 Å². The van der Waals surface area contributed by atoms with E-state index in [2.05, 4.69) is 43.0 Å². The van der Waals surface area contributed by atoms with Crippen LogP contribution in [-0.4, -0.2) is 29.0 Å². The topological polar surface area (TPSA) is 58.1 Å². The molecule has 3 rings (SSSR count). The van der Waals surface area contributed by atoms with Crippen molar-refractivity contribution in [1.29, 1.82) is 0 Å². The minimum Gasteiger partial charge on any atom is -0.341 e. The van der Waals surface area contributed by atoms with Crippen molar-refractivity contribution in [3.05, 3.63) is 46.7 Å². The molecule has 1 aliphatic rings. The second-order valence-corrected chi connectivity index (χ2v) is 6.82. The van der Waals surface area contributed by atoms with Crippen LogP contribution in [0.15, 0.2) is 41.0 Å². The van der Waals surface area contributed by atoms with Crippen LogP contribution in [0.4, 0.5) is 11.6 Å². The van der Waals surface area contributed by atoms with Crippen molar-refractivity contribution in [2.45, 2.75) is 19.8 Å². The van der Waals surface area contributed by atoms with Gasteiger partial charge in [0, 0.05) is 29.4 Å². The van der Waals surface area contributed by atoms with Crippen LogP contribution in [0.3, 0.4) is 0 Å². The largest absolute Gasteiger partial charge is 0.341 e. The maximum atomic E-state index is 12.4. The van der Waals surface area contributed by atoms with Crippen LogP contribution >= 0.6 is 15.9 Å². The third-order valence-corrected chi connectivity index (χ3v) is 4.39. The third-order valence-electron chi connectivity index (χ3n) is 3.90. The molecule has 1 aromatic carbocycles. The van der Waals surface area contributed by atoms with E-state index in [9.17, 15) is 4.79 Å². The third kappa shape index (κ3) is 4.07. The van der Waals surface area contributed by atoms with E-state index in [-0.39, 0.29) is 5.91 Å². The van der Waals surface area contributed by atoms with Crippen LogP contribution in [0, 0.1) is 5.92 Å². The molecule has 5 nitrogen and oxygen atoms in total. The molecule has 0 saturated carbocycles. The lowest BCUT2D eigenvalue weighted by Gasteiger charge is -2.30. The smallest absolute Gasteiger partial charge is 0.274 e. The Morgan fingerprint density at radius 1 is 1.39 bits per heavy atom. The first kappa shape index (κ1) is 15.9. The van der Waals surface area contributed by atoms with Gasteiger partial charge in [0.05, 0.1) is 0 Å². The van der Waals surface area contributed by atoms with Gasteiger partial charge in [-0.2, -0.15) is 0 Å². The zero-order valence-electron chi connectivity index (χ0n) is 13.0. The van der Waals surface area contributed by atoms with E-state index in [1.807, 2.05) is 24.3 Å². The monoisotopic (exact) mass is 374 g/mol. The molecule has 2 heterocycles. The Labute approximate surface area is 144 Å². The molecule has 0 spiro atoms. The summed E-state index contributed by atoms with van der Waals surface area (Å²) >= 11 is 3.39. The Morgan fingerprint density at radius 3 is 3.04 bits per heavy atom. The minimum absolute atomic E-state index is 0.225. The second-order valence-electron chi connectivity index (χ2n) is 5.90. The van der Waals surface area contributed by atoms with Gasteiger partial charge < -0.3 is 10.2 Å². The van der Waals surface area contributed by atoms with Crippen LogP contribution in [0.5, 0.6) is 0 Å². The normalized spacial score (nSPS) is 17.8. The fraction of sp³-hybridized carbons (Fsp3) is 0.353. The summed E-state index contributed by atoms with van der Waals surface area (Å²) in [5.41, 5.74) is 1.12. The molecule has 1 amide bonds. The molecule has 2 aromatic rings. The summed E-state index contributed by atoms with van der Waals surface area (Å²) < 4.78 is 0.918. The van der Waals surface area contributed by atoms with Crippen molar-refractivity contribution in [3.8, 4) is 0 Å². The summed E-state index contributed by atoms with van der Waals surface area (Å²) in [6.07, 6.45) is 4.02. The van der Waals surface area contributed by atoms with E-state index >= 15 is 0 Å². The highest BCUT2D eigenvalue weighted by atomic mass is 79.9. The average molecular weight is 375 g/mol. The summed E-state index contributed by atoms with van der Waals surface area (Å²) in [5.74, 6) is 1.04. The molecular weight excluding hydrogens is 356 g/mol. The second kappa shape index (κ2) is 7.08. The Balaban J connectivity index is 1.75. The first-order valence-electron chi connectivity index (χ1n) is 7.77. The fourth-order valence-corrected chi connectivity index (χ4v) is 3.16. The number of halogens is 1. The van der Waals surface area contributed by atoms with Gasteiger partial charge in [-0.3, -0.25) is 4.79 Å². The first-order chi connectivity index (χ1) is 11.1. The molecule has 1 unspecified atom stereocenters. The van der Waals surface area contributed by atoms with Crippen LogP contribution in [-0.2, 0) is 0 Å². The number of carbonyl (C=O) groups excluding carboxylic acids is 1. The Hall–Kier alpha value is -1.95. The van der Waals surface area contributed by atoms with Crippen LogP contribution in [0.25, 0.3) is 0 Å². The molecular formula is C17H19BrN4O. The molecule has 0 bridgehead atoms. The van der Waals surface area contributed by atoms with E-state index in [0.29, 0.717) is 17.6 Å². The Kier molecular flexibility index (Phi) is 4.91. The number of benzene rings is 1. The van der Waals surface area contributed by atoms with E-state index in [1.54, 1.807) is 12.3 Å². The predicted octanol–water partition coefficient (Wildman–Crippen LogP) is 3.73. The maximum Gasteiger partial charge on any atom is 0.274 e. The van der Waals surface area contributed by atoms with E-state index in [1.165, 1.54) is 6.42 Å². The molecule has 1 fully saturated rings. The van der Waals surface area contributed by atoms with E-state index < -0.39 is 0 Å². The summed E-state index contributed by atoms with van der Waals surface area (Å²) in [5, 5.41) is 2.86. The quantitative estimate of drug-likeness (QED) is 0.888. The predicted molar refractivity (Wildman–Crippen MR) is 94.7 cm³/mol. The van der Waals surface area contributed by atoms with Gasteiger partial charge in [-0.25, -0.2) is 9.97 Å². The molecule has 0 aliphatic carbocycles. The zero-order valence-corrected chi connectivity index (χ0v) is 14.6. The summed E-state index contributed by atoms with van der Waals surface area (Å²) in [6, 6.07) is 9.13. The number of anilines is 2. The minimum atomic E-state index is -0.225. The van der Waals surface area contributed by atoms with Crippen molar-refractivity contribution in [1.82, 2.24) is 9.97 Å². The lowest BCUT2D eigenvalue weighted by atomic mass is 10.0. The van der Waals surface area contributed by atoms with Crippen LogP contribution in [0.1, 0.15) is 30.3 Å². The Morgan fingerprint density at radius 2 is 2.26 bits per heavy atom. The van der Waals surface area contributed by atoms with Crippen molar-refractivity contribution in [2.24, 2.45) is 5.92 Å². The van der Waals surface area contributed by atoms with Gasteiger partial charge in [-0.15, -0.1) is 0 Å². The van der Waals surface area contributed by atoms with Gasteiger partial charge in [-0.1, -0.05) is 28.9 Å². The molecule has 23 heavy (non-hydrogen) atoms. The lowest BCUT2D eigenvalue weighted by molar-refractivity contribution is 0.102. The highest BCUT2D eigenvalue weighted by Gasteiger charge is 2.19. The van der Waals surface area contributed by atoms with Gasteiger partial charge >= 0.3 is 0 Å². The molecule has 1 atom stereocenters. The van der Waals surface area contributed by atoms with Gasteiger partial charge in [-0.05, 0) is 43.0 Å². The number of nitrogens with one attached hydrogen (secondary N) is 1. The van der Waals surface area contributed by atoms with Crippen LogP contribution in [0.2, 0.25) is 0 Å². The lowest BCUT2D eigenvalue weighted by Crippen LogP contribution is -2.35. The van der Waals surface area contributed by atoms with Crippen molar-refractivity contribution in [3.63, 3.8) is 0 Å². The Bertz CT molecular complexity index is 706. The van der Waals surface area contributed by atoms with Crippen molar-refractivity contribution >= 4 is 33.5 Å².